The first-order valence-corrected chi connectivity index (χ1v) is 8.97. The molecule has 6 nitrogen and oxygen atoms in total. The molecule has 1 saturated heterocycles. The number of aliphatic hydroxyl groups excluding tert-OH is 1. The van der Waals surface area contributed by atoms with Gasteiger partial charge >= 0.3 is 0 Å². The zero-order valence-electron chi connectivity index (χ0n) is 14.8. The second kappa shape index (κ2) is 9.59. The van der Waals surface area contributed by atoms with Gasteiger partial charge in [0.2, 0.25) is 5.91 Å². The summed E-state index contributed by atoms with van der Waals surface area (Å²) in [5.41, 5.74) is 0. The number of carbonyl (C=O) groups excluding carboxylic acids is 1. The van der Waals surface area contributed by atoms with E-state index in [2.05, 4.69) is 33.9 Å². The molecule has 0 aromatic carbocycles. The Morgan fingerprint density at radius 3 is 2.54 bits per heavy atom. The number of carbonyl (C=O) groups is 1. The smallest absolute Gasteiger partial charge is 0.234 e. The number of aliphatic hydroxyl groups is 1. The van der Waals surface area contributed by atoms with Crippen LogP contribution in [-0.2, 0) is 4.79 Å². The van der Waals surface area contributed by atoms with Gasteiger partial charge in [-0.2, -0.15) is 0 Å². The molecule has 2 N–H and O–H groups in total. The van der Waals surface area contributed by atoms with Crippen LogP contribution in [0.1, 0.15) is 26.7 Å². The van der Waals surface area contributed by atoms with Gasteiger partial charge in [-0.1, -0.05) is 32.8 Å². The Kier molecular flexibility index (Phi) is 7.46. The van der Waals surface area contributed by atoms with Crippen molar-refractivity contribution in [2.24, 2.45) is 5.92 Å². The zero-order valence-corrected chi connectivity index (χ0v) is 14.8. The number of piperazine rings is 1. The molecule has 1 amide bonds. The fourth-order valence-corrected chi connectivity index (χ4v) is 3.15. The summed E-state index contributed by atoms with van der Waals surface area (Å²) in [5.74, 6) is 1.24. The molecular weight excluding hydrogens is 304 g/mol. The first kappa shape index (κ1) is 18.7. The standard InChI is InChI=1S/C18H30N4O2/c1-3-15(4-2)16(23)13-20-18(24)14-21-9-11-22(12-10-21)17-7-5-6-8-19-17/h5-8,15-16,23H,3-4,9-14H2,1-2H3,(H,20,24). The minimum absolute atomic E-state index is 0.00806. The number of rotatable bonds is 8. The van der Waals surface area contributed by atoms with Crippen LogP contribution in [0.3, 0.4) is 0 Å². The first-order valence-electron chi connectivity index (χ1n) is 8.97. The molecule has 0 aliphatic carbocycles. The van der Waals surface area contributed by atoms with Crippen LogP contribution in [0, 0.1) is 5.92 Å². The number of hydrogen-bond donors (Lipinski definition) is 2. The van der Waals surface area contributed by atoms with Crippen LogP contribution in [0.4, 0.5) is 5.82 Å². The molecule has 0 radical (unpaired) electrons. The lowest BCUT2D eigenvalue weighted by Crippen LogP contribution is -2.50. The third kappa shape index (κ3) is 5.46. The quantitative estimate of drug-likeness (QED) is 0.745. The van der Waals surface area contributed by atoms with Crippen LogP contribution >= 0.6 is 0 Å². The summed E-state index contributed by atoms with van der Waals surface area (Å²) in [6.07, 6.45) is 3.22. The van der Waals surface area contributed by atoms with E-state index in [0.29, 0.717) is 13.1 Å². The molecule has 24 heavy (non-hydrogen) atoms. The van der Waals surface area contributed by atoms with Gasteiger partial charge in [0.05, 0.1) is 12.6 Å². The van der Waals surface area contributed by atoms with Crippen molar-refractivity contribution in [3.63, 3.8) is 0 Å². The number of hydrogen-bond acceptors (Lipinski definition) is 5. The molecule has 134 valence electrons. The topological polar surface area (TPSA) is 68.7 Å². The van der Waals surface area contributed by atoms with E-state index in [0.717, 1.165) is 44.8 Å². The highest BCUT2D eigenvalue weighted by atomic mass is 16.3. The SMILES string of the molecule is CCC(CC)C(O)CNC(=O)CN1CCN(c2ccccn2)CC1. The Bertz CT molecular complexity index is 485. The van der Waals surface area contributed by atoms with E-state index < -0.39 is 6.10 Å². The Morgan fingerprint density at radius 2 is 1.96 bits per heavy atom. The van der Waals surface area contributed by atoms with Gasteiger partial charge in [-0.05, 0) is 18.1 Å². The fourth-order valence-electron chi connectivity index (χ4n) is 3.15. The number of nitrogens with one attached hydrogen (secondary N) is 1. The molecule has 0 spiro atoms. The van der Waals surface area contributed by atoms with Gasteiger partial charge in [0.1, 0.15) is 5.82 Å². The highest BCUT2D eigenvalue weighted by Gasteiger charge is 2.21. The molecule has 1 fully saturated rings. The summed E-state index contributed by atoms with van der Waals surface area (Å²) in [6, 6.07) is 5.93. The van der Waals surface area contributed by atoms with Crippen molar-refractivity contribution in [3.8, 4) is 0 Å². The maximum atomic E-state index is 12.1. The van der Waals surface area contributed by atoms with Crippen LogP contribution < -0.4 is 10.2 Å². The van der Waals surface area contributed by atoms with Crippen LogP contribution in [0.25, 0.3) is 0 Å². The lowest BCUT2D eigenvalue weighted by atomic mass is 9.96. The third-order valence-corrected chi connectivity index (χ3v) is 4.81. The summed E-state index contributed by atoms with van der Waals surface area (Å²) >= 11 is 0. The van der Waals surface area contributed by atoms with Crippen molar-refractivity contribution in [1.82, 2.24) is 15.2 Å². The van der Waals surface area contributed by atoms with Gasteiger partial charge in [0.25, 0.3) is 0 Å². The van der Waals surface area contributed by atoms with E-state index in [1.807, 2.05) is 18.2 Å². The zero-order chi connectivity index (χ0) is 17.4. The summed E-state index contributed by atoms with van der Waals surface area (Å²) in [4.78, 5) is 20.8. The summed E-state index contributed by atoms with van der Waals surface area (Å²) in [5, 5.41) is 12.9. The number of nitrogens with zero attached hydrogens (tertiary/aromatic N) is 3. The van der Waals surface area contributed by atoms with Crippen molar-refractivity contribution in [3.05, 3.63) is 24.4 Å². The van der Waals surface area contributed by atoms with Gasteiger partial charge in [0, 0.05) is 38.9 Å². The highest BCUT2D eigenvalue weighted by Crippen LogP contribution is 2.13. The molecule has 1 aromatic heterocycles. The Balaban J connectivity index is 1.69. The molecule has 2 rings (SSSR count). The lowest BCUT2D eigenvalue weighted by Gasteiger charge is -2.35. The van der Waals surface area contributed by atoms with Gasteiger partial charge < -0.3 is 15.3 Å². The van der Waals surface area contributed by atoms with Gasteiger partial charge in [-0.25, -0.2) is 4.98 Å². The number of pyridine rings is 1. The van der Waals surface area contributed by atoms with E-state index in [1.54, 1.807) is 6.20 Å². The van der Waals surface area contributed by atoms with E-state index in [1.165, 1.54) is 0 Å². The number of anilines is 1. The van der Waals surface area contributed by atoms with E-state index in [9.17, 15) is 9.90 Å². The summed E-state index contributed by atoms with van der Waals surface area (Å²) in [6.45, 7) is 8.32. The van der Waals surface area contributed by atoms with Crippen LogP contribution in [0.15, 0.2) is 24.4 Å². The third-order valence-electron chi connectivity index (χ3n) is 4.81. The van der Waals surface area contributed by atoms with Crippen LogP contribution in [0.5, 0.6) is 0 Å². The average molecular weight is 334 g/mol. The molecule has 1 atom stereocenters. The fraction of sp³-hybridized carbons (Fsp3) is 0.667. The van der Waals surface area contributed by atoms with Crippen molar-refractivity contribution < 1.29 is 9.90 Å². The van der Waals surface area contributed by atoms with Crippen molar-refractivity contribution in [1.29, 1.82) is 0 Å². The Morgan fingerprint density at radius 1 is 1.25 bits per heavy atom. The highest BCUT2D eigenvalue weighted by molar-refractivity contribution is 5.78. The monoisotopic (exact) mass is 334 g/mol. The average Bonchev–Trinajstić information content (AvgIpc) is 2.62. The molecule has 6 heteroatoms. The number of aromatic nitrogens is 1. The minimum Gasteiger partial charge on any atom is -0.391 e. The molecule has 1 unspecified atom stereocenters. The van der Waals surface area contributed by atoms with E-state index in [-0.39, 0.29) is 11.8 Å². The Hall–Kier alpha value is -1.66. The van der Waals surface area contributed by atoms with Crippen LogP contribution in [0.2, 0.25) is 0 Å². The van der Waals surface area contributed by atoms with E-state index in [4.69, 9.17) is 0 Å². The number of amides is 1. The predicted octanol–water partition coefficient (Wildman–Crippen LogP) is 1.12. The lowest BCUT2D eigenvalue weighted by molar-refractivity contribution is -0.123. The molecule has 0 bridgehead atoms. The molecular formula is C18H30N4O2. The first-order chi connectivity index (χ1) is 11.6. The summed E-state index contributed by atoms with van der Waals surface area (Å²) in [7, 11) is 0. The minimum atomic E-state index is -0.454. The molecule has 1 aromatic rings. The Labute approximate surface area is 144 Å². The molecule has 1 aliphatic rings. The second-order valence-corrected chi connectivity index (χ2v) is 6.40. The van der Waals surface area contributed by atoms with E-state index >= 15 is 0 Å². The van der Waals surface area contributed by atoms with Gasteiger partial charge in [0.15, 0.2) is 0 Å². The van der Waals surface area contributed by atoms with Crippen LogP contribution in [-0.4, -0.2) is 66.3 Å². The van der Waals surface area contributed by atoms with Crippen molar-refractivity contribution in [2.75, 3.05) is 44.2 Å². The van der Waals surface area contributed by atoms with Crippen molar-refractivity contribution in [2.45, 2.75) is 32.8 Å². The normalized spacial score (nSPS) is 17.1. The van der Waals surface area contributed by atoms with Gasteiger partial charge in [-0.3, -0.25) is 9.69 Å². The molecule has 1 aliphatic heterocycles. The molecule has 2 heterocycles. The largest absolute Gasteiger partial charge is 0.391 e. The predicted molar refractivity (Wildman–Crippen MR) is 96.0 cm³/mol. The summed E-state index contributed by atoms with van der Waals surface area (Å²) < 4.78 is 0. The molecule has 0 saturated carbocycles. The maximum absolute atomic E-state index is 12.1. The van der Waals surface area contributed by atoms with Crippen molar-refractivity contribution >= 4 is 11.7 Å². The maximum Gasteiger partial charge on any atom is 0.234 e. The van der Waals surface area contributed by atoms with Gasteiger partial charge in [-0.15, -0.1) is 0 Å². The second-order valence-electron chi connectivity index (χ2n) is 6.40.